The van der Waals surface area contributed by atoms with Crippen LogP contribution in [0.15, 0.2) is 4.47 Å². The van der Waals surface area contributed by atoms with Crippen molar-refractivity contribution in [3.63, 3.8) is 0 Å². The van der Waals surface area contributed by atoms with E-state index in [9.17, 15) is 0 Å². The highest BCUT2D eigenvalue weighted by atomic mass is 79.9. The highest BCUT2D eigenvalue weighted by Crippen LogP contribution is 2.44. The van der Waals surface area contributed by atoms with Crippen LogP contribution >= 0.6 is 39.3 Å². The molecule has 1 aromatic rings. The van der Waals surface area contributed by atoms with Crippen LogP contribution < -0.4 is 0 Å². The van der Waals surface area contributed by atoms with Crippen LogP contribution in [0, 0.1) is 0 Å². The molecule has 2 aliphatic carbocycles. The molecular formula is C13H16BrClN2S. The molecule has 0 aliphatic heterocycles. The van der Waals surface area contributed by atoms with Crippen LogP contribution in [0.4, 0.5) is 0 Å². The van der Waals surface area contributed by atoms with Crippen molar-refractivity contribution in [1.82, 2.24) is 9.97 Å². The van der Waals surface area contributed by atoms with Crippen molar-refractivity contribution in [2.24, 2.45) is 0 Å². The molecule has 2 nitrogen and oxygen atoms in total. The molecule has 2 aliphatic rings. The molecule has 0 saturated heterocycles. The molecule has 0 atom stereocenters. The number of nitrogens with zero attached hydrogens (tertiary/aromatic N) is 2. The summed E-state index contributed by atoms with van der Waals surface area (Å²) in [6.45, 7) is 0. The summed E-state index contributed by atoms with van der Waals surface area (Å²) in [5, 5.41) is 1.38. The predicted octanol–water partition coefficient (Wildman–Crippen LogP) is 4.95. The molecule has 0 unspecified atom stereocenters. The molecule has 18 heavy (non-hydrogen) atoms. The van der Waals surface area contributed by atoms with Gasteiger partial charge in [-0.05, 0) is 41.6 Å². The zero-order chi connectivity index (χ0) is 12.5. The minimum atomic E-state index is 0.578. The summed E-state index contributed by atoms with van der Waals surface area (Å²) in [5.41, 5.74) is 1.12. The molecular weight excluding hydrogens is 332 g/mol. The maximum Gasteiger partial charge on any atom is 0.147 e. The molecule has 1 heterocycles. The van der Waals surface area contributed by atoms with Crippen LogP contribution in [0.1, 0.15) is 56.0 Å². The number of halogens is 2. The summed E-state index contributed by atoms with van der Waals surface area (Å²) in [5.74, 6) is 2.41. The second-order valence-corrected chi connectivity index (χ2v) is 7.56. The van der Waals surface area contributed by atoms with Crippen LogP contribution in [0.2, 0.25) is 5.15 Å². The average molecular weight is 348 g/mol. The standard InChI is InChI=1S/C13H16BrClN2S/c14-11-12(8-5-6-8)16-10(17-13(11)15)7-18-9-3-1-2-4-9/h8-9H,1-7H2. The predicted molar refractivity (Wildman–Crippen MR) is 80.3 cm³/mol. The quantitative estimate of drug-likeness (QED) is 0.721. The maximum atomic E-state index is 6.18. The van der Waals surface area contributed by atoms with E-state index < -0.39 is 0 Å². The Morgan fingerprint density at radius 3 is 2.56 bits per heavy atom. The second-order valence-electron chi connectivity index (χ2n) is 5.12. The highest BCUT2D eigenvalue weighted by molar-refractivity contribution is 9.10. The highest BCUT2D eigenvalue weighted by Gasteiger charge is 2.29. The Labute approximate surface area is 125 Å². The summed E-state index contributed by atoms with van der Waals surface area (Å²) in [7, 11) is 0. The van der Waals surface area contributed by atoms with Crippen molar-refractivity contribution in [2.75, 3.05) is 0 Å². The fourth-order valence-corrected chi connectivity index (χ4v) is 4.30. The van der Waals surface area contributed by atoms with Crippen LogP contribution in [0.25, 0.3) is 0 Å². The molecule has 3 rings (SSSR count). The van der Waals surface area contributed by atoms with Gasteiger partial charge in [0.05, 0.1) is 15.9 Å². The lowest BCUT2D eigenvalue weighted by molar-refractivity contribution is 0.886. The molecule has 0 radical (unpaired) electrons. The monoisotopic (exact) mass is 346 g/mol. The van der Waals surface area contributed by atoms with E-state index in [0.717, 1.165) is 27.0 Å². The van der Waals surface area contributed by atoms with Gasteiger partial charge in [-0.25, -0.2) is 9.97 Å². The van der Waals surface area contributed by atoms with Gasteiger partial charge in [-0.3, -0.25) is 0 Å². The fraction of sp³-hybridized carbons (Fsp3) is 0.692. The molecule has 0 amide bonds. The Morgan fingerprint density at radius 2 is 1.89 bits per heavy atom. The zero-order valence-electron chi connectivity index (χ0n) is 10.2. The van der Waals surface area contributed by atoms with Gasteiger partial charge in [-0.1, -0.05) is 24.4 Å². The minimum Gasteiger partial charge on any atom is -0.235 e. The van der Waals surface area contributed by atoms with Gasteiger partial charge < -0.3 is 0 Å². The number of thioether (sulfide) groups is 1. The van der Waals surface area contributed by atoms with Gasteiger partial charge >= 0.3 is 0 Å². The molecule has 0 N–H and O–H groups in total. The molecule has 2 fully saturated rings. The maximum absolute atomic E-state index is 6.18. The first-order valence-corrected chi connectivity index (χ1v) is 8.79. The van der Waals surface area contributed by atoms with E-state index in [1.165, 1.54) is 38.5 Å². The van der Waals surface area contributed by atoms with E-state index in [1.807, 2.05) is 11.8 Å². The average Bonchev–Trinajstić information content (AvgIpc) is 3.07. The Bertz CT molecular complexity index is 445. The van der Waals surface area contributed by atoms with E-state index in [0.29, 0.717) is 11.1 Å². The van der Waals surface area contributed by atoms with Crippen molar-refractivity contribution in [1.29, 1.82) is 0 Å². The zero-order valence-corrected chi connectivity index (χ0v) is 13.3. The van der Waals surface area contributed by atoms with Crippen LogP contribution in [0.3, 0.4) is 0 Å². The summed E-state index contributed by atoms with van der Waals surface area (Å²) < 4.78 is 0.904. The van der Waals surface area contributed by atoms with Gasteiger partial charge in [0.2, 0.25) is 0 Å². The lowest BCUT2D eigenvalue weighted by Gasteiger charge is -2.10. The molecule has 2 saturated carbocycles. The minimum absolute atomic E-state index is 0.578. The summed E-state index contributed by atoms with van der Waals surface area (Å²) in [6.07, 6.45) is 7.94. The summed E-state index contributed by atoms with van der Waals surface area (Å²) in [4.78, 5) is 9.08. The first-order valence-electron chi connectivity index (χ1n) is 6.57. The third-order valence-corrected chi connectivity index (χ3v) is 6.25. The van der Waals surface area contributed by atoms with Gasteiger partial charge in [0.1, 0.15) is 11.0 Å². The Balaban J connectivity index is 1.71. The van der Waals surface area contributed by atoms with Crippen molar-refractivity contribution in [3.8, 4) is 0 Å². The number of hydrogen-bond acceptors (Lipinski definition) is 3. The fourth-order valence-electron chi connectivity index (χ4n) is 2.42. The van der Waals surface area contributed by atoms with E-state index in [1.54, 1.807) is 0 Å². The topological polar surface area (TPSA) is 25.8 Å². The Morgan fingerprint density at radius 1 is 1.17 bits per heavy atom. The third-order valence-electron chi connectivity index (χ3n) is 3.60. The van der Waals surface area contributed by atoms with Crippen molar-refractivity contribution >= 4 is 39.3 Å². The lowest BCUT2D eigenvalue weighted by Crippen LogP contribution is -2.02. The van der Waals surface area contributed by atoms with Crippen molar-refractivity contribution < 1.29 is 0 Å². The van der Waals surface area contributed by atoms with Crippen molar-refractivity contribution in [3.05, 3.63) is 21.1 Å². The molecule has 1 aromatic heterocycles. The molecule has 0 bridgehead atoms. The molecule has 5 heteroatoms. The smallest absolute Gasteiger partial charge is 0.147 e. The summed E-state index contributed by atoms with van der Waals surface area (Å²) >= 11 is 11.7. The van der Waals surface area contributed by atoms with Gasteiger partial charge in [-0.2, -0.15) is 11.8 Å². The SMILES string of the molecule is Clc1nc(CSC2CCCC2)nc(C2CC2)c1Br. The largest absolute Gasteiger partial charge is 0.235 e. The molecule has 98 valence electrons. The van der Waals surface area contributed by atoms with E-state index in [4.69, 9.17) is 16.6 Å². The third kappa shape index (κ3) is 3.02. The number of hydrogen-bond donors (Lipinski definition) is 0. The van der Waals surface area contributed by atoms with Gasteiger partial charge in [-0.15, -0.1) is 0 Å². The van der Waals surface area contributed by atoms with Crippen molar-refractivity contribution in [2.45, 2.75) is 55.4 Å². The van der Waals surface area contributed by atoms with E-state index in [-0.39, 0.29) is 0 Å². The van der Waals surface area contributed by atoms with Crippen LogP contribution in [-0.2, 0) is 5.75 Å². The number of rotatable bonds is 4. The molecule has 0 spiro atoms. The molecule has 0 aromatic carbocycles. The second kappa shape index (κ2) is 5.68. The van der Waals surface area contributed by atoms with Crippen LogP contribution in [-0.4, -0.2) is 15.2 Å². The van der Waals surface area contributed by atoms with Crippen LogP contribution in [0.5, 0.6) is 0 Å². The van der Waals surface area contributed by atoms with Gasteiger partial charge in [0, 0.05) is 11.2 Å². The Hall–Kier alpha value is 0.200. The van der Waals surface area contributed by atoms with Gasteiger partial charge in [0.25, 0.3) is 0 Å². The van der Waals surface area contributed by atoms with E-state index >= 15 is 0 Å². The van der Waals surface area contributed by atoms with E-state index in [2.05, 4.69) is 20.9 Å². The lowest BCUT2D eigenvalue weighted by atomic mass is 10.3. The van der Waals surface area contributed by atoms with Gasteiger partial charge in [0.15, 0.2) is 0 Å². The first-order chi connectivity index (χ1) is 8.74. The summed E-state index contributed by atoms with van der Waals surface area (Å²) in [6, 6.07) is 0. The number of aromatic nitrogens is 2. The first kappa shape index (κ1) is 13.2. The Kier molecular flexibility index (Phi) is 4.16. The normalized spacial score (nSPS) is 20.6.